The minimum absolute atomic E-state index is 0.250. The highest BCUT2D eigenvalue weighted by Gasteiger charge is 2.18. The third kappa shape index (κ3) is 5.07. The Hall–Kier alpha value is -4.99. The second-order valence-corrected chi connectivity index (χ2v) is 7.56. The van der Waals surface area contributed by atoms with E-state index < -0.39 is 11.7 Å². The molecule has 0 saturated carbocycles. The highest BCUT2D eigenvalue weighted by Crippen LogP contribution is 2.33. The lowest BCUT2D eigenvalue weighted by molar-refractivity contribution is -0.122. The largest absolute Gasteiger partial charge is 0.483 e. The molecule has 0 atom stereocenters. The Balaban J connectivity index is 0.000000967. The Labute approximate surface area is 203 Å². The number of benzene rings is 2. The molecule has 0 bridgehead atoms. The summed E-state index contributed by atoms with van der Waals surface area (Å²) in [6.45, 7) is 1.45. The summed E-state index contributed by atoms with van der Waals surface area (Å²) >= 11 is 0. The van der Waals surface area contributed by atoms with Crippen molar-refractivity contribution in [3.8, 4) is 22.5 Å². The second-order valence-electron chi connectivity index (χ2n) is 7.56. The summed E-state index contributed by atoms with van der Waals surface area (Å²) in [5.74, 6) is -0.813. The first-order valence-electron chi connectivity index (χ1n) is 10.6. The minimum atomic E-state index is -0.421. The van der Waals surface area contributed by atoms with Crippen molar-refractivity contribution in [1.29, 1.82) is 0 Å². The molecule has 1 amide bonds. The predicted octanol–water partition coefficient (Wildman–Crippen LogP) is 5.00. The van der Waals surface area contributed by atoms with E-state index in [1.54, 1.807) is 54.2 Å². The van der Waals surface area contributed by atoms with Crippen molar-refractivity contribution in [2.24, 2.45) is 0 Å². The molecule has 0 fully saturated rings. The van der Waals surface area contributed by atoms with Crippen LogP contribution in [0.15, 0.2) is 79.1 Å². The molecule has 5 rings (SSSR count). The molecular formula is C26H19F2N5O3. The average Bonchev–Trinajstić information content (AvgIpc) is 3.26. The number of pyridine rings is 1. The lowest BCUT2D eigenvalue weighted by atomic mass is 10.0. The lowest BCUT2D eigenvalue weighted by Crippen LogP contribution is -2.13. The zero-order valence-corrected chi connectivity index (χ0v) is 18.9. The minimum Gasteiger partial charge on any atom is -0.483 e. The van der Waals surface area contributed by atoms with E-state index in [0.717, 1.165) is 5.56 Å². The van der Waals surface area contributed by atoms with Crippen molar-refractivity contribution in [2.45, 2.75) is 6.92 Å². The summed E-state index contributed by atoms with van der Waals surface area (Å²) < 4.78 is 28.7. The number of anilines is 1. The van der Waals surface area contributed by atoms with Crippen LogP contribution in [0.2, 0.25) is 0 Å². The predicted molar refractivity (Wildman–Crippen MR) is 129 cm³/mol. The second kappa shape index (κ2) is 10.5. The summed E-state index contributed by atoms with van der Waals surface area (Å²) in [7, 11) is 0. The van der Waals surface area contributed by atoms with E-state index in [1.807, 2.05) is 6.07 Å². The van der Waals surface area contributed by atoms with Gasteiger partial charge in [0.1, 0.15) is 23.1 Å². The van der Waals surface area contributed by atoms with Crippen molar-refractivity contribution in [2.75, 3.05) is 5.32 Å². The van der Waals surface area contributed by atoms with E-state index in [-0.39, 0.29) is 12.3 Å². The lowest BCUT2D eigenvalue weighted by Gasteiger charge is -2.09. The normalized spacial score (nSPS) is 10.4. The standard InChI is InChI=1S/C25H17F2N5O.CH2O2/c1-15-13-17(6-9-20(15)27)23-24(32-22(31-23)3-2-11-29-32)18-10-12-28-21(14-18)30-25(33)16-4-7-19(26)8-5-16;2-1-3/h2-14H,1H3,(H,28,30,33);1H,(H,2,3). The molecule has 180 valence electrons. The number of aryl methyl sites for hydroxylation is 1. The van der Waals surface area contributed by atoms with Gasteiger partial charge in [-0.3, -0.25) is 9.59 Å². The fourth-order valence-electron chi connectivity index (χ4n) is 3.58. The maximum Gasteiger partial charge on any atom is 0.290 e. The first kappa shape index (κ1) is 24.1. The molecule has 8 nitrogen and oxygen atoms in total. The Morgan fingerprint density at radius 2 is 1.75 bits per heavy atom. The van der Waals surface area contributed by atoms with Crippen LogP contribution in [0, 0.1) is 18.6 Å². The summed E-state index contributed by atoms with van der Waals surface area (Å²) in [4.78, 5) is 29.9. The molecule has 2 N–H and O–H groups in total. The quantitative estimate of drug-likeness (QED) is 0.346. The number of nitrogens with one attached hydrogen (secondary N) is 1. The number of hydrogen-bond acceptors (Lipinski definition) is 5. The highest BCUT2D eigenvalue weighted by molar-refractivity contribution is 6.04. The van der Waals surface area contributed by atoms with E-state index in [0.29, 0.717) is 39.5 Å². The summed E-state index contributed by atoms with van der Waals surface area (Å²) in [5.41, 5.74) is 4.19. The van der Waals surface area contributed by atoms with Gasteiger partial charge in [-0.15, -0.1) is 0 Å². The zero-order chi connectivity index (χ0) is 25.7. The van der Waals surface area contributed by atoms with Crippen LogP contribution in [-0.4, -0.2) is 37.1 Å². The molecule has 0 aliphatic carbocycles. The first-order chi connectivity index (χ1) is 17.4. The van der Waals surface area contributed by atoms with Gasteiger partial charge >= 0.3 is 0 Å². The van der Waals surface area contributed by atoms with Crippen LogP contribution in [0.4, 0.5) is 14.6 Å². The molecular weight excluding hydrogens is 468 g/mol. The number of fused-ring (bicyclic) bond motifs is 1. The Kier molecular flexibility index (Phi) is 7.05. The van der Waals surface area contributed by atoms with Crippen molar-refractivity contribution in [1.82, 2.24) is 19.6 Å². The number of nitrogens with zero attached hydrogens (tertiary/aromatic N) is 4. The first-order valence-corrected chi connectivity index (χ1v) is 10.6. The molecule has 3 aromatic heterocycles. The average molecular weight is 487 g/mol. The number of halogens is 2. The van der Waals surface area contributed by atoms with Crippen LogP contribution in [0.3, 0.4) is 0 Å². The van der Waals surface area contributed by atoms with Crippen LogP contribution in [-0.2, 0) is 4.79 Å². The molecule has 0 aliphatic rings. The van der Waals surface area contributed by atoms with Crippen molar-refractivity contribution in [3.05, 3.63) is 102 Å². The fourth-order valence-corrected chi connectivity index (χ4v) is 3.58. The van der Waals surface area contributed by atoms with Crippen LogP contribution >= 0.6 is 0 Å². The maximum atomic E-state index is 13.9. The third-order valence-corrected chi connectivity index (χ3v) is 5.21. The van der Waals surface area contributed by atoms with Gasteiger partial charge in [0, 0.05) is 29.1 Å². The Bertz CT molecular complexity index is 1550. The van der Waals surface area contributed by atoms with Crippen molar-refractivity contribution < 1.29 is 23.5 Å². The Morgan fingerprint density at radius 1 is 1.00 bits per heavy atom. The fraction of sp³-hybridized carbons (Fsp3) is 0.0385. The molecule has 5 aromatic rings. The van der Waals surface area contributed by atoms with E-state index in [4.69, 9.17) is 14.9 Å². The van der Waals surface area contributed by atoms with Gasteiger partial charge in [-0.2, -0.15) is 5.10 Å². The smallest absolute Gasteiger partial charge is 0.290 e. The van der Waals surface area contributed by atoms with Crippen LogP contribution in [0.5, 0.6) is 0 Å². The monoisotopic (exact) mass is 487 g/mol. The van der Waals surface area contributed by atoms with Gasteiger partial charge in [0.2, 0.25) is 0 Å². The van der Waals surface area contributed by atoms with E-state index in [2.05, 4.69) is 15.4 Å². The van der Waals surface area contributed by atoms with E-state index >= 15 is 0 Å². The van der Waals surface area contributed by atoms with Crippen LogP contribution < -0.4 is 5.32 Å². The van der Waals surface area contributed by atoms with Gasteiger partial charge in [0.25, 0.3) is 12.4 Å². The number of aromatic nitrogens is 4. The molecule has 10 heteroatoms. The van der Waals surface area contributed by atoms with E-state index in [1.165, 1.54) is 30.3 Å². The molecule has 0 unspecified atom stereocenters. The molecule has 36 heavy (non-hydrogen) atoms. The number of carboxylic acid groups (broad SMARTS) is 1. The van der Waals surface area contributed by atoms with Gasteiger partial charge in [-0.25, -0.2) is 23.3 Å². The molecule has 0 aliphatic heterocycles. The topological polar surface area (TPSA) is 109 Å². The van der Waals surface area contributed by atoms with Crippen molar-refractivity contribution in [3.63, 3.8) is 0 Å². The summed E-state index contributed by atoms with van der Waals surface area (Å²) in [6, 6.07) is 17.2. The van der Waals surface area contributed by atoms with Crippen LogP contribution in [0.25, 0.3) is 28.2 Å². The van der Waals surface area contributed by atoms with Gasteiger partial charge in [-0.1, -0.05) is 0 Å². The van der Waals surface area contributed by atoms with Gasteiger partial charge in [0.05, 0.1) is 5.69 Å². The van der Waals surface area contributed by atoms with Crippen LogP contribution in [0.1, 0.15) is 15.9 Å². The molecule has 0 spiro atoms. The molecule has 0 saturated heterocycles. The molecule has 2 aromatic carbocycles. The Morgan fingerprint density at radius 3 is 2.47 bits per heavy atom. The number of amides is 1. The highest BCUT2D eigenvalue weighted by atomic mass is 19.1. The number of carbonyl (C=O) groups excluding carboxylic acids is 1. The van der Waals surface area contributed by atoms with E-state index in [9.17, 15) is 13.6 Å². The third-order valence-electron chi connectivity index (χ3n) is 5.21. The molecule has 0 radical (unpaired) electrons. The summed E-state index contributed by atoms with van der Waals surface area (Å²) in [6.07, 6.45) is 3.22. The van der Waals surface area contributed by atoms with Gasteiger partial charge in [0.15, 0.2) is 5.65 Å². The number of carbonyl (C=O) groups is 2. The molecule has 3 heterocycles. The number of hydrogen-bond donors (Lipinski definition) is 2. The zero-order valence-electron chi connectivity index (χ0n) is 18.9. The number of rotatable bonds is 4. The maximum absolute atomic E-state index is 13.9. The van der Waals surface area contributed by atoms with Gasteiger partial charge in [-0.05, 0) is 79.2 Å². The van der Waals surface area contributed by atoms with Crippen molar-refractivity contribution >= 4 is 23.8 Å². The van der Waals surface area contributed by atoms with Gasteiger partial charge < -0.3 is 10.4 Å². The SMILES string of the molecule is Cc1cc(-c2nc3cccnn3c2-c2ccnc(NC(=O)c3ccc(F)cc3)c2)ccc1F.O=CO. The number of imidazole rings is 1. The summed E-state index contributed by atoms with van der Waals surface area (Å²) in [5, 5.41) is 14.0.